The summed E-state index contributed by atoms with van der Waals surface area (Å²) < 4.78 is 10.8. The van der Waals surface area contributed by atoms with E-state index >= 15 is 0 Å². The second-order valence-electron chi connectivity index (χ2n) is 5.90. The molecule has 1 heterocycles. The van der Waals surface area contributed by atoms with Crippen molar-refractivity contribution in [3.05, 3.63) is 24.2 Å². The van der Waals surface area contributed by atoms with Gasteiger partial charge in [-0.15, -0.1) is 24.0 Å². The molecule has 23 heavy (non-hydrogen) atoms. The minimum atomic E-state index is 0. The highest BCUT2D eigenvalue weighted by atomic mass is 127. The maximum absolute atomic E-state index is 5.48. The molecule has 6 heteroatoms. The molecule has 0 aromatic carbocycles. The van der Waals surface area contributed by atoms with Gasteiger partial charge in [0.05, 0.1) is 6.26 Å². The number of guanidine groups is 1. The SMILES string of the molecule is CCNC(=NCC1(CCOCC)CC1)NCCc1ccco1.I. The molecule has 0 amide bonds. The molecule has 1 aliphatic rings. The van der Waals surface area contributed by atoms with E-state index in [2.05, 4.69) is 17.6 Å². The molecule has 0 saturated heterocycles. The van der Waals surface area contributed by atoms with Crippen LogP contribution >= 0.6 is 24.0 Å². The Kier molecular flexibility index (Phi) is 9.62. The molecule has 1 aliphatic carbocycles. The Hall–Kier alpha value is -0.760. The zero-order valence-corrected chi connectivity index (χ0v) is 16.6. The maximum atomic E-state index is 5.48. The zero-order chi connectivity index (χ0) is 15.7. The molecular weight excluding hydrogens is 405 g/mol. The standard InChI is InChI=1S/C17H29N3O2.HI/c1-3-18-16(19-11-7-15-6-5-12-22-15)20-14-17(8-9-17)10-13-21-4-2;/h5-6,12H,3-4,7-11,13-14H2,1-2H3,(H2,18,19,20);1H. The average molecular weight is 435 g/mol. The van der Waals surface area contributed by atoms with E-state index in [9.17, 15) is 0 Å². The smallest absolute Gasteiger partial charge is 0.191 e. The summed E-state index contributed by atoms with van der Waals surface area (Å²) in [5.74, 6) is 1.90. The first-order valence-corrected chi connectivity index (χ1v) is 8.40. The van der Waals surface area contributed by atoms with Crippen LogP contribution in [-0.2, 0) is 11.2 Å². The van der Waals surface area contributed by atoms with Crippen molar-refractivity contribution in [3.8, 4) is 0 Å². The molecule has 0 radical (unpaired) electrons. The molecule has 1 aromatic rings. The molecule has 0 unspecified atom stereocenters. The minimum absolute atomic E-state index is 0. The van der Waals surface area contributed by atoms with E-state index in [-0.39, 0.29) is 24.0 Å². The van der Waals surface area contributed by atoms with E-state index < -0.39 is 0 Å². The number of ether oxygens (including phenoxy) is 1. The van der Waals surface area contributed by atoms with Crippen molar-refractivity contribution in [2.24, 2.45) is 10.4 Å². The second kappa shape index (κ2) is 10.9. The molecule has 1 fully saturated rings. The summed E-state index contributed by atoms with van der Waals surface area (Å²) in [6.07, 6.45) is 6.25. The normalized spacial score (nSPS) is 15.8. The maximum Gasteiger partial charge on any atom is 0.191 e. The third-order valence-electron chi connectivity index (χ3n) is 4.10. The number of hydrogen-bond donors (Lipinski definition) is 2. The van der Waals surface area contributed by atoms with E-state index in [4.69, 9.17) is 14.1 Å². The van der Waals surface area contributed by atoms with E-state index in [1.807, 2.05) is 19.1 Å². The Morgan fingerprint density at radius 1 is 1.35 bits per heavy atom. The fraction of sp³-hybridized carbons (Fsp3) is 0.706. The van der Waals surface area contributed by atoms with Crippen LogP contribution in [0.15, 0.2) is 27.8 Å². The lowest BCUT2D eigenvalue weighted by Crippen LogP contribution is -2.38. The Morgan fingerprint density at radius 3 is 2.78 bits per heavy atom. The van der Waals surface area contributed by atoms with Crippen molar-refractivity contribution in [1.29, 1.82) is 0 Å². The van der Waals surface area contributed by atoms with E-state index in [0.29, 0.717) is 5.41 Å². The summed E-state index contributed by atoms with van der Waals surface area (Å²) in [6.45, 7) is 8.38. The van der Waals surface area contributed by atoms with Crippen LogP contribution in [0.1, 0.15) is 38.9 Å². The first-order valence-electron chi connectivity index (χ1n) is 8.40. The van der Waals surface area contributed by atoms with Gasteiger partial charge < -0.3 is 19.8 Å². The highest BCUT2D eigenvalue weighted by Crippen LogP contribution is 2.48. The number of halogens is 1. The van der Waals surface area contributed by atoms with Gasteiger partial charge in [0.15, 0.2) is 5.96 Å². The number of furan rings is 1. The van der Waals surface area contributed by atoms with Gasteiger partial charge in [0.25, 0.3) is 0 Å². The summed E-state index contributed by atoms with van der Waals surface area (Å²) in [6, 6.07) is 3.92. The number of nitrogens with zero attached hydrogens (tertiary/aromatic N) is 1. The molecule has 1 aromatic heterocycles. The molecule has 5 nitrogen and oxygen atoms in total. The van der Waals surface area contributed by atoms with Crippen LogP contribution in [0.2, 0.25) is 0 Å². The third-order valence-corrected chi connectivity index (χ3v) is 4.10. The van der Waals surface area contributed by atoms with Crippen molar-refractivity contribution in [2.45, 2.75) is 39.5 Å². The van der Waals surface area contributed by atoms with Crippen molar-refractivity contribution in [2.75, 3.05) is 32.8 Å². The molecule has 0 atom stereocenters. The Bertz CT molecular complexity index is 445. The molecule has 132 valence electrons. The van der Waals surface area contributed by atoms with Gasteiger partial charge in [-0.2, -0.15) is 0 Å². The Morgan fingerprint density at radius 2 is 2.17 bits per heavy atom. The van der Waals surface area contributed by atoms with Gasteiger partial charge in [0.1, 0.15) is 5.76 Å². The minimum Gasteiger partial charge on any atom is -0.469 e. The van der Waals surface area contributed by atoms with Gasteiger partial charge in [0, 0.05) is 39.3 Å². The first kappa shape index (κ1) is 20.3. The molecule has 1 saturated carbocycles. The fourth-order valence-corrected chi connectivity index (χ4v) is 2.44. The zero-order valence-electron chi connectivity index (χ0n) is 14.3. The number of hydrogen-bond acceptors (Lipinski definition) is 3. The summed E-state index contributed by atoms with van der Waals surface area (Å²) in [5.41, 5.74) is 0.387. The van der Waals surface area contributed by atoms with Crippen LogP contribution in [0.25, 0.3) is 0 Å². The first-order chi connectivity index (χ1) is 10.8. The van der Waals surface area contributed by atoms with Gasteiger partial charge in [-0.05, 0) is 50.7 Å². The fourth-order valence-electron chi connectivity index (χ4n) is 2.44. The van der Waals surface area contributed by atoms with Gasteiger partial charge in [-0.3, -0.25) is 4.99 Å². The van der Waals surface area contributed by atoms with Crippen LogP contribution in [-0.4, -0.2) is 38.8 Å². The lowest BCUT2D eigenvalue weighted by atomic mass is 10.0. The van der Waals surface area contributed by atoms with Crippen molar-refractivity contribution in [1.82, 2.24) is 10.6 Å². The van der Waals surface area contributed by atoms with Gasteiger partial charge >= 0.3 is 0 Å². The number of rotatable bonds is 10. The van der Waals surface area contributed by atoms with Crippen LogP contribution in [0, 0.1) is 5.41 Å². The molecular formula is C17H30IN3O2. The summed E-state index contributed by atoms with van der Waals surface area (Å²) in [5, 5.41) is 6.68. The second-order valence-corrected chi connectivity index (χ2v) is 5.90. The molecule has 0 spiro atoms. The van der Waals surface area contributed by atoms with Gasteiger partial charge in [-0.25, -0.2) is 0 Å². The quantitative estimate of drug-likeness (QED) is 0.257. The summed E-state index contributed by atoms with van der Waals surface area (Å²) in [4.78, 5) is 4.75. The molecule has 0 aliphatic heterocycles. The number of aliphatic imine (C=N–C) groups is 1. The molecule has 2 N–H and O–H groups in total. The highest BCUT2D eigenvalue weighted by Gasteiger charge is 2.41. The lowest BCUT2D eigenvalue weighted by Gasteiger charge is -2.15. The molecule has 2 rings (SSSR count). The average Bonchev–Trinajstić information content (AvgIpc) is 3.09. The van der Waals surface area contributed by atoms with E-state index in [1.165, 1.54) is 12.8 Å². The van der Waals surface area contributed by atoms with Crippen molar-refractivity contribution < 1.29 is 9.15 Å². The Balaban J connectivity index is 0.00000264. The Labute approximate surface area is 156 Å². The van der Waals surface area contributed by atoms with Crippen LogP contribution in [0.5, 0.6) is 0 Å². The van der Waals surface area contributed by atoms with Gasteiger partial charge in [0.2, 0.25) is 0 Å². The topological polar surface area (TPSA) is 58.8 Å². The largest absolute Gasteiger partial charge is 0.469 e. The van der Waals surface area contributed by atoms with E-state index in [0.717, 1.165) is 57.4 Å². The van der Waals surface area contributed by atoms with E-state index in [1.54, 1.807) is 6.26 Å². The van der Waals surface area contributed by atoms with Crippen molar-refractivity contribution >= 4 is 29.9 Å². The summed E-state index contributed by atoms with van der Waals surface area (Å²) >= 11 is 0. The predicted octanol–water partition coefficient (Wildman–Crippen LogP) is 3.20. The molecule has 0 bridgehead atoms. The van der Waals surface area contributed by atoms with Crippen LogP contribution in [0.3, 0.4) is 0 Å². The number of nitrogens with one attached hydrogen (secondary N) is 2. The predicted molar refractivity (Wildman–Crippen MR) is 105 cm³/mol. The third kappa shape index (κ3) is 7.56. The van der Waals surface area contributed by atoms with Gasteiger partial charge in [-0.1, -0.05) is 0 Å². The van der Waals surface area contributed by atoms with Crippen LogP contribution < -0.4 is 10.6 Å². The van der Waals surface area contributed by atoms with Crippen molar-refractivity contribution in [3.63, 3.8) is 0 Å². The highest BCUT2D eigenvalue weighted by molar-refractivity contribution is 14.0. The summed E-state index contributed by atoms with van der Waals surface area (Å²) in [7, 11) is 0. The van der Waals surface area contributed by atoms with Crippen LogP contribution in [0.4, 0.5) is 0 Å². The monoisotopic (exact) mass is 435 g/mol. The lowest BCUT2D eigenvalue weighted by molar-refractivity contribution is 0.129.